The number of benzene rings is 2. The average Bonchev–Trinajstić information content (AvgIpc) is 2.48. The number of fused-ring (bicyclic) bond motifs is 1. The second-order valence-corrected chi connectivity index (χ2v) is 6.02. The van der Waals surface area contributed by atoms with Crippen LogP contribution in [0.4, 0.5) is 10.1 Å². The van der Waals surface area contributed by atoms with Gasteiger partial charge in [-0.25, -0.2) is 4.39 Å². The fourth-order valence-electron chi connectivity index (χ4n) is 2.86. The summed E-state index contributed by atoms with van der Waals surface area (Å²) in [6.07, 6.45) is 0. The molecule has 4 heteroatoms. The van der Waals surface area contributed by atoms with Crippen LogP contribution >= 0.6 is 11.6 Å². The molecule has 0 fully saturated rings. The van der Waals surface area contributed by atoms with Gasteiger partial charge in [-0.3, -0.25) is 4.90 Å². The van der Waals surface area contributed by atoms with E-state index in [1.165, 1.54) is 11.6 Å². The molecular formula is C17H18ClFN2. The molecule has 21 heavy (non-hydrogen) atoms. The number of hydrogen-bond acceptors (Lipinski definition) is 2. The molecule has 2 nitrogen and oxygen atoms in total. The Balaban J connectivity index is 1.85. The lowest BCUT2D eigenvalue weighted by Gasteiger charge is -2.39. The maximum absolute atomic E-state index is 13.4. The van der Waals surface area contributed by atoms with Crippen LogP contribution in [-0.4, -0.2) is 18.6 Å². The van der Waals surface area contributed by atoms with Crippen molar-refractivity contribution in [1.29, 1.82) is 0 Å². The molecule has 0 aliphatic carbocycles. The molecule has 0 bridgehead atoms. The minimum absolute atomic E-state index is 0.181. The first kappa shape index (κ1) is 14.4. The monoisotopic (exact) mass is 304 g/mol. The van der Waals surface area contributed by atoms with Crippen LogP contribution in [0.1, 0.15) is 24.1 Å². The molecule has 2 aromatic carbocycles. The van der Waals surface area contributed by atoms with Gasteiger partial charge in [-0.1, -0.05) is 29.8 Å². The number of rotatable bonds is 2. The van der Waals surface area contributed by atoms with E-state index in [4.69, 9.17) is 11.6 Å². The van der Waals surface area contributed by atoms with Crippen molar-refractivity contribution >= 4 is 17.3 Å². The highest BCUT2D eigenvalue weighted by atomic mass is 35.5. The molecule has 0 saturated heterocycles. The summed E-state index contributed by atoms with van der Waals surface area (Å²) in [6.45, 7) is 3.79. The lowest BCUT2D eigenvalue weighted by atomic mass is 10.0. The van der Waals surface area contributed by atoms with Gasteiger partial charge in [0.25, 0.3) is 0 Å². The van der Waals surface area contributed by atoms with E-state index in [0.29, 0.717) is 0 Å². The van der Waals surface area contributed by atoms with Crippen LogP contribution in [0.2, 0.25) is 5.02 Å². The van der Waals surface area contributed by atoms with E-state index in [1.807, 2.05) is 25.2 Å². The van der Waals surface area contributed by atoms with Gasteiger partial charge < -0.3 is 4.90 Å². The van der Waals surface area contributed by atoms with Gasteiger partial charge in [0.2, 0.25) is 0 Å². The topological polar surface area (TPSA) is 6.48 Å². The van der Waals surface area contributed by atoms with Crippen LogP contribution in [0.15, 0.2) is 42.5 Å². The van der Waals surface area contributed by atoms with E-state index < -0.39 is 0 Å². The van der Waals surface area contributed by atoms with Crippen molar-refractivity contribution in [2.75, 3.05) is 18.6 Å². The molecule has 110 valence electrons. The van der Waals surface area contributed by atoms with Gasteiger partial charge >= 0.3 is 0 Å². The Morgan fingerprint density at radius 1 is 1.14 bits per heavy atom. The van der Waals surface area contributed by atoms with Crippen LogP contribution < -0.4 is 4.90 Å². The Morgan fingerprint density at radius 2 is 1.86 bits per heavy atom. The summed E-state index contributed by atoms with van der Waals surface area (Å²) in [4.78, 5) is 4.46. The van der Waals surface area contributed by atoms with Gasteiger partial charge in [0, 0.05) is 30.3 Å². The van der Waals surface area contributed by atoms with Crippen LogP contribution in [0.25, 0.3) is 0 Å². The van der Waals surface area contributed by atoms with E-state index in [0.717, 1.165) is 29.5 Å². The van der Waals surface area contributed by atoms with Gasteiger partial charge in [-0.2, -0.15) is 0 Å². The molecule has 1 heterocycles. The van der Waals surface area contributed by atoms with Crippen molar-refractivity contribution in [2.24, 2.45) is 0 Å². The zero-order chi connectivity index (χ0) is 15.0. The smallest absolute Gasteiger partial charge is 0.125 e. The molecular weight excluding hydrogens is 287 g/mol. The molecule has 3 rings (SSSR count). The van der Waals surface area contributed by atoms with Crippen LogP contribution in [-0.2, 0) is 6.54 Å². The number of halogens is 2. The highest BCUT2D eigenvalue weighted by Crippen LogP contribution is 2.32. The molecule has 1 aliphatic heterocycles. The summed E-state index contributed by atoms with van der Waals surface area (Å²) in [5.41, 5.74) is 3.37. The summed E-state index contributed by atoms with van der Waals surface area (Å²) < 4.78 is 13.4. The zero-order valence-electron chi connectivity index (χ0n) is 12.2. The van der Waals surface area contributed by atoms with E-state index in [1.54, 1.807) is 6.07 Å². The number of nitrogens with zero attached hydrogens (tertiary/aromatic N) is 2. The maximum atomic E-state index is 13.4. The second kappa shape index (κ2) is 5.66. The van der Waals surface area contributed by atoms with E-state index in [9.17, 15) is 4.39 Å². The fraction of sp³-hybridized carbons (Fsp3) is 0.294. The van der Waals surface area contributed by atoms with Gasteiger partial charge in [0.15, 0.2) is 0 Å². The molecule has 2 aromatic rings. The standard InChI is InChI=1S/C17H18ClFN2/c1-12(13-3-6-15(18)7-4-13)21-10-14-5-8-16(19)9-17(14)20(2)11-21/h3-9,12H,10-11H2,1-2H3/t12-/m1/s1. The first-order valence-corrected chi connectivity index (χ1v) is 7.41. The summed E-state index contributed by atoms with van der Waals surface area (Å²) in [7, 11) is 2.00. The van der Waals surface area contributed by atoms with E-state index >= 15 is 0 Å². The first-order valence-electron chi connectivity index (χ1n) is 7.03. The minimum atomic E-state index is -0.181. The molecule has 0 unspecified atom stereocenters. The normalized spacial score (nSPS) is 16.7. The van der Waals surface area contributed by atoms with Crippen LogP contribution in [0.5, 0.6) is 0 Å². The van der Waals surface area contributed by atoms with E-state index in [-0.39, 0.29) is 11.9 Å². The lowest BCUT2D eigenvalue weighted by Crippen LogP contribution is -2.41. The first-order chi connectivity index (χ1) is 10.0. The van der Waals surface area contributed by atoms with Crippen LogP contribution in [0, 0.1) is 5.82 Å². The Labute approximate surface area is 129 Å². The molecule has 0 saturated carbocycles. The van der Waals surface area contributed by atoms with E-state index in [2.05, 4.69) is 28.9 Å². The zero-order valence-corrected chi connectivity index (χ0v) is 12.9. The third-order valence-corrected chi connectivity index (χ3v) is 4.38. The average molecular weight is 305 g/mol. The van der Waals surface area contributed by atoms with Gasteiger partial charge in [0.1, 0.15) is 5.82 Å². The summed E-state index contributed by atoms with van der Waals surface area (Å²) in [6, 6.07) is 13.3. The predicted octanol–water partition coefficient (Wildman–Crippen LogP) is 4.45. The minimum Gasteiger partial charge on any atom is -0.361 e. The highest BCUT2D eigenvalue weighted by molar-refractivity contribution is 6.30. The maximum Gasteiger partial charge on any atom is 0.125 e. The van der Waals surface area contributed by atoms with Crippen molar-refractivity contribution in [3.63, 3.8) is 0 Å². The fourth-order valence-corrected chi connectivity index (χ4v) is 2.98. The lowest BCUT2D eigenvalue weighted by molar-refractivity contribution is 0.194. The Morgan fingerprint density at radius 3 is 2.57 bits per heavy atom. The van der Waals surface area contributed by atoms with Crippen molar-refractivity contribution in [2.45, 2.75) is 19.5 Å². The molecule has 0 spiro atoms. The van der Waals surface area contributed by atoms with Gasteiger partial charge in [-0.15, -0.1) is 0 Å². The SMILES string of the molecule is C[C@H](c1ccc(Cl)cc1)N1Cc2ccc(F)cc2N(C)C1. The third-order valence-electron chi connectivity index (χ3n) is 4.13. The third kappa shape index (κ3) is 2.89. The second-order valence-electron chi connectivity index (χ2n) is 5.59. The van der Waals surface area contributed by atoms with Crippen LogP contribution in [0.3, 0.4) is 0 Å². The summed E-state index contributed by atoms with van der Waals surface area (Å²) in [5, 5.41) is 0.752. The summed E-state index contributed by atoms with van der Waals surface area (Å²) >= 11 is 5.95. The molecule has 0 radical (unpaired) electrons. The van der Waals surface area contributed by atoms with Crippen molar-refractivity contribution in [3.8, 4) is 0 Å². The Bertz CT molecular complexity index is 642. The molecule has 0 amide bonds. The van der Waals surface area contributed by atoms with Crippen molar-refractivity contribution in [1.82, 2.24) is 4.90 Å². The van der Waals surface area contributed by atoms with Crippen molar-refractivity contribution in [3.05, 3.63) is 64.4 Å². The molecule has 0 aromatic heterocycles. The number of anilines is 1. The highest BCUT2D eigenvalue weighted by Gasteiger charge is 2.24. The van der Waals surface area contributed by atoms with Crippen molar-refractivity contribution < 1.29 is 4.39 Å². The Hall–Kier alpha value is -1.58. The quantitative estimate of drug-likeness (QED) is 0.809. The number of hydrogen-bond donors (Lipinski definition) is 0. The Kier molecular flexibility index (Phi) is 3.87. The molecule has 1 atom stereocenters. The molecule has 0 N–H and O–H groups in total. The largest absolute Gasteiger partial charge is 0.361 e. The molecule has 1 aliphatic rings. The van der Waals surface area contributed by atoms with Gasteiger partial charge in [-0.05, 0) is 42.3 Å². The predicted molar refractivity (Wildman–Crippen MR) is 85.1 cm³/mol. The van der Waals surface area contributed by atoms with Gasteiger partial charge in [0.05, 0.1) is 6.67 Å². The summed E-state index contributed by atoms with van der Waals surface area (Å²) in [5.74, 6) is -0.181.